The lowest BCUT2D eigenvalue weighted by Gasteiger charge is -2.11. The SMILES string of the molecule is CCNCc1ncnn1Cc1cc(C)ccc1OC. The number of hydrogen-bond donors (Lipinski definition) is 1. The average molecular weight is 260 g/mol. The smallest absolute Gasteiger partial charge is 0.141 e. The molecule has 2 aromatic rings. The van der Waals surface area contributed by atoms with Crippen LogP contribution in [0.2, 0.25) is 0 Å². The molecule has 0 unspecified atom stereocenters. The molecule has 5 heteroatoms. The van der Waals surface area contributed by atoms with E-state index in [1.54, 1.807) is 13.4 Å². The van der Waals surface area contributed by atoms with Gasteiger partial charge in [-0.2, -0.15) is 5.10 Å². The predicted octanol–water partition coefficient (Wildman–Crippen LogP) is 1.75. The van der Waals surface area contributed by atoms with E-state index in [4.69, 9.17) is 4.74 Å². The van der Waals surface area contributed by atoms with Gasteiger partial charge in [-0.05, 0) is 19.5 Å². The first-order valence-electron chi connectivity index (χ1n) is 6.45. The molecule has 0 saturated carbocycles. The van der Waals surface area contributed by atoms with Gasteiger partial charge in [-0.3, -0.25) is 0 Å². The van der Waals surface area contributed by atoms with Crippen LogP contribution in [0.3, 0.4) is 0 Å². The number of nitrogens with one attached hydrogen (secondary N) is 1. The highest BCUT2D eigenvalue weighted by molar-refractivity contribution is 5.37. The molecule has 1 N–H and O–H groups in total. The van der Waals surface area contributed by atoms with Gasteiger partial charge < -0.3 is 10.1 Å². The molecule has 0 radical (unpaired) electrons. The minimum Gasteiger partial charge on any atom is -0.496 e. The summed E-state index contributed by atoms with van der Waals surface area (Å²) in [7, 11) is 1.69. The number of methoxy groups -OCH3 is 1. The van der Waals surface area contributed by atoms with Crippen molar-refractivity contribution in [3.05, 3.63) is 41.5 Å². The van der Waals surface area contributed by atoms with Crippen molar-refractivity contribution in [3.8, 4) is 5.75 Å². The Labute approximate surface area is 113 Å². The summed E-state index contributed by atoms with van der Waals surface area (Å²) in [6.07, 6.45) is 1.59. The molecule has 0 amide bonds. The Morgan fingerprint density at radius 3 is 2.95 bits per heavy atom. The molecule has 0 aliphatic heterocycles. The molecule has 0 bridgehead atoms. The molecular formula is C14H20N4O. The molecule has 5 nitrogen and oxygen atoms in total. The van der Waals surface area contributed by atoms with Gasteiger partial charge in [0.15, 0.2) is 0 Å². The van der Waals surface area contributed by atoms with Gasteiger partial charge >= 0.3 is 0 Å². The Bertz CT molecular complexity index is 536. The van der Waals surface area contributed by atoms with Gasteiger partial charge in [0.1, 0.15) is 17.9 Å². The average Bonchev–Trinajstić information content (AvgIpc) is 2.84. The van der Waals surface area contributed by atoms with E-state index >= 15 is 0 Å². The molecular weight excluding hydrogens is 240 g/mol. The zero-order valence-electron chi connectivity index (χ0n) is 11.7. The summed E-state index contributed by atoms with van der Waals surface area (Å²) in [6, 6.07) is 6.16. The van der Waals surface area contributed by atoms with Crippen molar-refractivity contribution >= 4 is 0 Å². The standard InChI is InChI=1S/C14H20N4O/c1-4-15-8-14-16-10-17-18(14)9-12-7-11(2)5-6-13(12)19-3/h5-7,10,15H,4,8-9H2,1-3H3. The van der Waals surface area contributed by atoms with Crippen LogP contribution in [0.5, 0.6) is 5.75 Å². The quantitative estimate of drug-likeness (QED) is 0.859. The molecule has 0 aliphatic rings. The van der Waals surface area contributed by atoms with Gasteiger partial charge in [0.25, 0.3) is 0 Å². The van der Waals surface area contributed by atoms with Gasteiger partial charge in [-0.15, -0.1) is 0 Å². The van der Waals surface area contributed by atoms with Crippen LogP contribution in [0.1, 0.15) is 23.9 Å². The van der Waals surface area contributed by atoms with E-state index in [9.17, 15) is 0 Å². The highest BCUT2D eigenvalue weighted by Gasteiger charge is 2.08. The molecule has 0 spiro atoms. The van der Waals surface area contributed by atoms with Crippen LogP contribution in [0.4, 0.5) is 0 Å². The molecule has 1 aromatic carbocycles. The number of aryl methyl sites for hydroxylation is 1. The molecule has 0 atom stereocenters. The second-order valence-corrected chi connectivity index (χ2v) is 4.43. The maximum atomic E-state index is 5.39. The van der Waals surface area contributed by atoms with Crippen LogP contribution in [0, 0.1) is 6.92 Å². The summed E-state index contributed by atoms with van der Waals surface area (Å²) in [5, 5.41) is 7.54. The fraction of sp³-hybridized carbons (Fsp3) is 0.429. The number of hydrogen-bond acceptors (Lipinski definition) is 4. The lowest BCUT2D eigenvalue weighted by Crippen LogP contribution is -2.17. The van der Waals surface area contributed by atoms with Crippen molar-refractivity contribution in [1.82, 2.24) is 20.1 Å². The second-order valence-electron chi connectivity index (χ2n) is 4.43. The normalized spacial score (nSPS) is 10.7. The number of nitrogens with zero attached hydrogens (tertiary/aromatic N) is 3. The van der Waals surface area contributed by atoms with E-state index in [-0.39, 0.29) is 0 Å². The van der Waals surface area contributed by atoms with E-state index in [1.807, 2.05) is 16.8 Å². The Morgan fingerprint density at radius 2 is 2.21 bits per heavy atom. The summed E-state index contributed by atoms with van der Waals surface area (Å²) < 4.78 is 7.30. The summed E-state index contributed by atoms with van der Waals surface area (Å²) in [5.74, 6) is 1.82. The zero-order valence-corrected chi connectivity index (χ0v) is 11.7. The van der Waals surface area contributed by atoms with E-state index in [0.29, 0.717) is 6.54 Å². The van der Waals surface area contributed by atoms with Crippen molar-refractivity contribution in [2.24, 2.45) is 0 Å². The number of rotatable bonds is 6. The van der Waals surface area contributed by atoms with Crippen LogP contribution < -0.4 is 10.1 Å². The second kappa shape index (κ2) is 6.33. The maximum absolute atomic E-state index is 5.39. The van der Waals surface area contributed by atoms with E-state index in [0.717, 1.165) is 30.2 Å². The predicted molar refractivity (Wildman–Crippen MR) is 74.2 cm³/mol. The number of benzene rings is 1. The molecule has 102 valence electrons. The van der Waals surface area contributed by atoms with E-state index < -0.39 is 0 Å². The first kappa shape index (κ1) is 13.5. The largest absolute Gasteiger partial charge is 0.496 e. The van der Waals surface area contributed by atoms with Crippen molar-refractivity contribution in [3.63, 3.8) is 0 Å². The third-order valence-electron chi connectivity index (χ3n) is 2.98. The maximum Gasteiger partial charge on any atom is 0.141 e. The van der Waals surface area contributed by atoms with E-state index in [2.05, 4.69) is 35.3 Å². The molecule has 1 heterocycles. The summed E-state index contributed by atoms with van der Waals surface area (Å²) in [6.45, 7) is 6.46. The Hall–Kier alpha value is -1.88. The van der Waals surface area contributed by atoms with E-state index in [1.165, 1.54) is 5.56 Å². The number of ether oxygens (including phenoxy) is 1. The monoisotopic (exact) mass is 260 g/mol. The lowest BCUT2D eigenvalue weighted by atomic mass is 10.1. The van der Waals surface area contributed by atoms with Gasteiger partial charge in [-0.1, -0.05) is 24.6 Å². The van der Waals surface area contributed by atoms with Crippen molar-refractivity contribution in [1.29, 1.82) is 0 Å². The third kappa shape index (κ3) is 3.32. The minimum absolute atomic E-state index is 0.672. The van der Waals surface area contributed by atoms with Crippen LogP contribution >= 0.6 is 0 Å². The topological polar surface area (TPSA) is 52.0 Å². The van der Waals surface area contributed by atoms with Crippen molar-refractivity contribution in [2.75, 3.05) is 13.7 Å². The van der Waals surface area contributed by atoms with Crippen molar-refractivity contribution < 1.29 is 4.74 Å². The zero-order chi connectivity index (χ0) is 13.7. The van der Waals surface area contributed by atoms with Gasteiger partial charge in [0.05, 0.1) is 20.2 Å². The summed E-state index contributed by atoms with van der Waals surface area (Å²) in [4.78, 5) is 4.28. The van der Waals surface area contributed by atoms with Gasteiger partial charge in [-0.25, -0.2) is 9.67 Å². The highest BCUT2D eigenvalue weighted by Crippen LogP contribution is 2.20. The first-order chi connectivity index (χ1) is 9.24. The van der Waals surface area contributed by atoms with Crippen molar-refractivity contribution in [2.45, 2.75) is 26.9 Å². The van der Waals surface area contributed by atoms with Gasteiger partial charge in [0, 0.05) is 5.56 Å². The molecule has 2 rings (SSSR count). The molecule has 1 aromatic heterocycles. The van der Waals surface area contributed by atoms with Crippen LogP contribution in [0.15, 0.2) is 24.5 Å². The Kier molecular flexibility index (Phi) is 4.52. The molecule has 0 saturated heterocycles. The Balaban J connectivity index is 2.21. The van der Waals surface area contributed by atoms with Crippen LogP contribution in [0.25, 0.3) is 0 Å². The number of aromatic nitrogens is 3. The van der Waals surface area contributed by atoms with Gasteiger partial charge in [0.2, 0.25) is 0 Å². The van der Waals surface area contributed by atoms with Crippen LogP contribution in [-0.4, -0.2) is 28.4 Å². The fourth-order valence-electron chi connectivity index (χ4n) is 1.99. The molecule has 0 aliphatic carbocycles. The highest BCUT2D eigenvalue weighted by atomic mass is 16.5. The fourth-order valence-corrected chi connectivity index (χ4v) is 1.99. The minimum atomic E-state index is 0.672. The molecule has 0 fully saturated rings. The summed E-state index contributed by atoms with van der Waals surface area (Å²) >= 11 is 0. The summed E-state index contributed by atoms with van der Waals surface area (Å²) in [5.41, 5.74) is 2.33. The molecule has 19 heavy (non-hydrogen) atoms. The Morgan fingerprint density at radius 1 is 1.37 bits per heavy atom. The van der Waals surface area contributed by atoms with Crippen LogP contribution in [-0.2, 0) is 13.1 Å². The first-order valence-corrected chi connectivity index (χ1v) is 6.45. The lowest BCUT2D eigenvalue weighted by molar-refractivity contribution is 0.406. The third-order valence-corrected chi connectivity index (χ3v) is 2.98.